The fourth-order valence-corrected chi connectivity index (χ4v) is 5.63. The molecule has 1 N–H and O–H groups in total. The van der Waals surface area contributed by atoms with Gasteiger partial charge in [-0.3, -0.25) is 4.79 Å². The Balaban J connectivity index is 1.25. The monoisotopic (exact) mass is 448 g/mol. The number of halogens is 1. The topological polar surface area (TPSA) is 58.1 Å². The minimum Gasteiger partial charge on any atom is -0.355 e. The minimum absolute atomic E-state index is 0.00593. The molecule has 1 aliphatic rings. The highest BCUT2D eigenvalue weighted by Crippen LogP contribution is 2.39. The summed E-state index contributed by atoms with van der Waals surface area (Å²) >= 11 is 1.53. The van der Waals surface area contributed by atoms with Crippen molar-refractivity contribution in [2.75, 3.05) is 24.5 Å². The van der Waals surface area contributed by atoms with Gasteiger partial charge < -0.3 is 10.2 Å². The van der Waals surface area contributed by atoms with Crippen LogP contribution in [0.4, 0.5) is 10.2 Å². The zero-order valence-corrected chi connectivity index (χ0v) is 18.7. The first-order valence-electron chi connectivity index (χ1n) is 11.0. The SMILES string of the molecule is CC(CNC(=O)C1CCN(c2ncnc3c2sc2cccc(F)c23)CC1)c1ccccc1. The van der Waals surface area contributed by atoms with E-state index in [-0.39, 0.29) is 23.6 Å². The van der Waals surface area contributed by atoms with Crippen LogP contribution in [0.15, 0.2) is 54.9 Å². The zero-order chi connectivity index (χ0) is 22.1. The number of rotatable bonds is 5. The third-order valence-electron chi connectivity index (χ3n) is 6.33. The number of thiophene rings is 1. The molecule has 32 heavy (non-hydrogen) atoms. The molecule has 1 saturated heterocycles. The number of anilines is 1. The third kappa shape index (κ3) is 3.93. The molecule has 0 saturated carbocycles. The van der Waals surface area contributed by atoms with Crippen molar-refractivity contribution in [3.05, 3.63) is 66.2 Å². The van der Waals surface area contributed by atoms with Crippen LogP contribution in [0.5, 0.6) is 0 Å². The Morgan fingerprint density at radius 1 is 1.16 bits per heavy atom. The maximum absolute atomic E-state index is 14.4. The van der Waals surface area contributed by atoms with E-state index in [4.69, 9.17) is 0 Å². The molecule has 0 bridgehead atoms. The Labute approximate surface area is 190 Å². The quantitative estimate of drug-likeness (QED) is 0.460. The van der Waals surface area contributed by atoms with Gasteiger partial charge in [0.2, 0.25) is 5.91 Å². The molecule has 3 heterocycles. The van der Waals surface area contributed by atoms with Crippen LogP contribution in [-0.4, -0.2) is 35.5 Å². The van der Waals surface area contributed by atoms with Gasteiger partial charge in [-0.05, 0) is 36.5 Å². The smallest absolute Gasteiger partial charge is 0.223 e. The number of hydrogen-bond donors (Lipinski definition) is 1. The second kappa shape index (κ2) is 8.82. The van der Waals surface area contributed by atoms with E-state index in [2.05, 4.69) is 39.2 Å². The second-order valence-electron chi connectivity index (χ2n) is 8.41. The Morgan fingerprint density at radius 2 is 1.94 bits per heavy atom. The van der Waals surface area contributed by atoms with Crippen molar-refractivity contribution in [1.29, 1.82) is 0 Å². The number of hydrogen-bond acceptors (Lipinski definition) is 5. The fraction of sp³-hybridized carbons (Fsp3) is 0.320. The lowest BCUT2D eigenvalue weighted by atomic mass is 9.95. The molecule has 5 nitrogen and oxygen atoms in total. The average molecular weight is 449 g/mol. The predicted molar refractivity (Wildman–Crippen MR) is 128 cm³/mol. The van der Waals surface area contributed by atoms with Crippen molar-refractivity contribution < 1.29 is 9.18 Å². The van der Waals surface area contributed by atoms with Crippen LogP contribution in [0.3, 0.4) is 0 Å². The van der Waals surface area contributed by atoms with Crippen molar-refractivity contribution in [1.82, 2.24) is 15.3 Å². The number of amides is 1. The van der Waals surface area contributed by atoms with Crippen LogP contribution >= 0.6 is 11.3 Å². The highest BCUT2D eigenvalue weighted by atomic mass is 32.1. The van der Waals surface area contributed by atoms with E-state index >= 15 is 0 Å². The standard InChI is InChI=1S/C25H25FN4OS/c1-16(17-6-3-2-4-7-17)14-27-25(31)18-10-12-30(13-11-18)24-23-22(28-15-29-24)21-19(26)8-5-9-20(21)32-23/h2-9,15-16,18H,10-14H2,1H3,(H,27,31). The summed E-state index contributed by atoms with van der Waals surface area (Å²) in [4.78, 5) is 23.8. The van der Waals surface area contributed by atoms with E-state index in [0.29, 0.717) is 17.4 Å². The van der Waals surface area contributed by atoms with E-state index in [1.54, 1.807) is 6.07 Å². The Bertz CT molecular complexity index is 1250. The summed E-state index contributed by atoms with van der Waals surface area (Å²) in [5.41, 5.74) is 1.90. The number of carbonyl (C=O) groups excluding carboxylic acids is 1. The molecule has 0 spiro atoms. The van der Waals surface area contributed by atoms with Crippen LogP contribution in [0.1, 0.15) is 31.2 Å². The first-order valence-corrected chi connectivity index (χ1v) is 11.8. The van der Waals surface area contributed by atoms with Gasteiger partial charge in [0.05, 0.1) is 15.6 Å². The van der Waals surface area contributed by atoms with Gasteiger partial charge in [-0.25, -0.2) is 14.4 Å². The van der Waals surface area contributed by atoms with Gasteiger partial charge in [0, 0.05) is 30.3 Å². The van der Waals surface area contributed by atoms with Crippen molar-refractivity contribution in [2.45, 2.75) is 25.7 Å². The molecule has 164 valence electrons. The summed E-state index contributed by atoms with van der Waals surface area (Å²) in [5, 5.41) is 3.70. The molecule has 4 aromatic rings. The van der Waals surface area contributed by atoms with Crippen molar-refractivity contribution in [3.8, 4) is 0 Å². The van der Waals surface area contributed by atoms with Gasteiger partial charge in [-0.15, -0.1) is 11.3 Å². The maximum Gasteiger partial charge on any atom is 0.223 e. The van der Waals surface area contributed by atoms with Crippen LogP contribution in [0.2, 0.25) is 0 Å². The zero-order valence-electron chi connectivity index (χ0n) is 17.9. The van der Waals surface area contributed by atoms with Gasteiger partial charge >= 0.3 is 0 Å². The molecule has 1 amide bonds. The Kier molecular flexibility index (Phi) is 5.74. The molecule has 0 radical (unpaired) electrons. The van der Waals surface area contributed by atoms with Gasteiger partial charge in [-0.1, -0.05) is 43.3 Å². The lowest BCUT2D eigenvalue weighted by Crippen LogP contribution is -2.41. The molecule has 1 fully saturated rings. The predicted octanol–water partition coefficient (Wildman–Crippen LogP) is 5.12. The number of aromatic nitrogens is 2. The van der Waals surface area contributed by atoms with Crippen molar-refractivity contribution in [3.63, 3.8) is 0 Å². The summed E-state index contributed by atoms with van der Waals surface area (Å²) in [6.07, 6.45) is 3.06. The molecule has 2 aromatic carbocycles. The molecule has 1 atom stereocenters. The molecule has 1 aliphatic heterocycles. The summed E-state index contributed by atoms with van der Waals surface area (Å²) in [6, 6.07) is 15.4. The Hall–Kier alpha value is -3.06. The van der Waals surface area contributed by atoms with Gasteiger partial charge in [0.15, 0.2) is 0 Å². The summed E-state index contributed by atoms with van der Waals surface area (Å²) in [5.74, 6) is 1.00. The molecule has 1 unspecified atom stereocenters. The van der Waals surface area contributed by atoms with Gasteiger partial charge in [-0.2, -0.15) is 0 Å². The highest BCUT2D eigenvalue weighted by molar-refractivity contribution is 7.26. The number of fused-ring (bicyclic) bond motifs is 3. The van der Waals surface area contributed by atoms with E-state index in [9.17, 15) is 9.18 Å². The van der Waals surface area contributed by atoms with Gasteiger partial charge in [0.25, 0.3) is 0 Å². The molecule has 7 heteroatoms. The number of carbonyl (C=O) groups is 1. The second-order valence-corrected chi connectivity index (χ2v) is 9.46. The Morgan fingerprint density at radius 3 is 2.72 bits per heavy atom. The normalized spacial score (nSPS) is 15.9. The van der Waals surface area contributed by atoms with Crippen LogP contribution in [0.25, 0.3) is 20.3 Å². The molecule has 0 aliphatic carbocycles. The maximum atomic E-state index is 14.4. The summed E-state index contributed by atoms with van der Waals surface area (Å²) in [7, 11) is 0. The van der Waals surface area contributed by atoms with Crippen molar-refractivity contribution >= 4 is 43.4 Å². The lowest BCUT2D eigenvalue weighted by Gasteiger charge is -2.32. The first kappa shape index (κ1) is 20.8. The van der Waals surface area contributed by atoms with Gasteiger partial charge in [0.1, 0.15) is 18.0 Å². The number of piperidine rings is 1. The van der Waals surface area contributed by atoms with Crippen molar-refractivity contribution in [2.24, 2.45) is 5.92 Å². The first-order chi connectivity index (χ1) is 15.6. The largest absolute Gasteiger partial charge is 0.355 e. The molecular weight excluding hydrogens is 423 g/mol. The van der Waals surface area contributed by atoms with Crippen LogP contribution in [0, 0.1) is 11.7 Å². The minimum atomic E-state index is -0.251. The summed E-state index contributed by atoms with van der Waals surface area (Å²) in [6.45, 7) is 4.26. The van der Waals surface area contributed by atoms with Crippen LogP contribution < -0.4 is 10.2 Å². The van der Waals surface area contributed by atoms with Crippen LogP contribution in [-0.2, 0) is 4.79 Å². The summed E-state index contributed by atoms with van der Waals surface area (Å²) < 4.78 is 16.2. The fourth-order valence-electron chi connectivity index (χ4n) is 4.44. The third-order valence-corrected chi connectivity index (χ3v) is 7.47. The van der Waals surface area contributed by atoms with E-state index < -0.39 is 0 Å². The number of benzene rings is 2. The molecule has 5 rings (SSSR count). The number of nitrogens with one attached hydrogen (secondary N) is 1. The van der Waals surface area contributed by atoms with E-state index in [1.165, 1.54) is 29.3 Å². The molecular formula is C25H25FN4OS. The van der Waals surface area contributed by atoms with E-state index in [1.807, 2.05) is 24.3 Å². The lowest BCUT2D eigenvalue weighted by molar-refractivity contribution is -0.125. The molecule has 2 aromatic heterocycles. The highest BCUT2D eigenvalue weighted by Gasteiger charge is 2.27. The van der Waals surface area contributed by atoms with E-state index in [0.717, 1.165) is 41.1 Å². The number of nitrogens with zero attached hydrogens (tertiary/aromatic N) is 3. The average Bonchev–Trinajstić information content (AvgIpc) is 3.23.